The number of halogens is 2. The van der Waals surface area contributed by atoms with Crippen LogP contribution in [0.4, 0.5) is 8.78 Å². The fraction of sp³-hybridized carbons (Fsp3) is 0.462. The summed E-state index contributed by atoms with van der Waals surface area (Å²) in [5.41, 5.74) is 11.5. The van der Waals surface area contributed by atoms with E-state index in [1.165, 1.54) is 29.0 Å². The van der Waals surface area contributed by atoms with Crippen LogP contribution < -0.4 is 11.1 Å². The molecule has 1 aromatic carbocycles. The highest BCUT2D eigenvalue weighted by molar-refractivity contribution is 8.18. The van der Waals surface area contributed by atoms with Crippen molar-refractivity contribution in [2.24, 2.45) is 5.73 Å². The largest absolute Gasteiger partial charge is 0.385 e. The first-order valence-corrected chi connectivity index (χ1v) is 13.9. The molecule has 2 aliphatic heterocycles. The van der Waals surface area contributed by atoms with E-state index in [2.05, 4.69) is 46.3 Å². The number of benzene rings is 1. The van der Waals surface area contributed by atoms with Crippen LogP contribution in [0.1, 0.15) is 18.4 Å². The van der Waals surface area contributed by atoms with Crippen LogP contribution in [0.15, 0.2) is 64.9 Å². The molecule has 35 heavy (non-hydrogen) atoms. The molecule has 5 nitrogen and oxygen atoms in total. The van der Waals surface area contributed by atoms with Gasteiger partial charge < -0.3 is 20.7 Å². The summed E-state index contributed by atoms with van der Waals surface area (Å²) >= 11 is 3.70. The van der Waals surface area contributed by atoms with Crippen LogP contribution in [0, 0.1) is 11.6 Å². The summed E-state index contributed by atoms with van der Waals surface area (Å²) in [5.74, 6) is -0.804. The minimum atomic E-state index is -0.812. The monoisotopic (exact) mass is 520 g/mol. The second-order valence-electron chi connectivity index (χ2n) is 9.05. The van der Waals surface area contributed by atoms with Crippen LogP contribution >= 0.6 is 23.5 Å². The lowest BCUT2D eigenvalue weighted by molar-refractivity contribution is -0.0289. The van der Waals surface area contributed by atoms with Gasteiger partial charge in [-0.1, -0.05) is 42.1 Å². The van der Waals surface area contributed by atoms with E-state index in [-0.39, 0.29) is 6.10 Å². The standard InChI is InChI=1S/C26H34F2N4OS2/c1-18(16-34-26-31(2)25(17-35-26)21-6-3-19(12-29)4-7-21)30-13-22-15-32(9-10-33-22)14-20-5-8-23(27)24(28)11-20/h3,5-6,8,11,17,22,26,30H,1,4,7,9-10,12-16,29H2,2H3. The summed E-state index contributed by atoms with van der Waals surface area (Å²) < 4.78 is 32.9. The van der Waals surface area contributed by atoms with Gasteiger partial charge in [-0.2, -0.15) is 0 Å². The molecule has 2 heterocycles. The molecule has 9 heteroatoms. The quantitative estimate of drug-likeness (QED) is 0.474. The molecule has 3 N–H and O–H groups in total. The van der Waals surface area contributed by atoms with Crippen molar-refractivity contribution in [2.75, 3.05) is 45.6 Å². The fourth-order valence-corrected chi connectivity index (χ4v) is 6.68. The summed E-state index contributed by atoms with van der Waals surface area (Å²) in [5, 5.41) is 5.69. The normalized spacial score (nSPS) is 23.1. The number of morpholine rings is 1. The Labute approximate surface area is 215 Å². The third-order valence-electron chi connectivity index (χ3n) is 6.41. The molecule has 0 saturated carbocycles. The number of hydrogen-bond acceptors (Lipinski definition) is 7. The Morgan fingerprint density at radius 3 is 2.89 bits per heavy atom. The Morgan fingerprint density at radius 2 is 2.14 bits per heavy atom. The number of likely N-dealkylation sites (N-methyl/N-ethyl adjacent to an activating group) is 1. The predicted molar refractivity (Wildman–Crippen MR) is 143 cm³/mol. The third kappa shape index (κ3) is 7.13. The van der Waals surface area contributed by atoms with E-state index < -0.39 is 11.6 Å². The molecule has 190 valence electrons. The van der Waals surface area contributed by atoms with E-state index in [0.717, 1.165) is 42.9 Å². The Morgan fingerprint density at radius 1 is 1.29 bits per heavy atom. The van der Waals surface area contributed by atoms with E-state index in [1.807, 2.05) is 23.5 Å². The first-order valence-electron chi connectivity index (χ1n) is 11.9. The third-order valence-corrected chi connectivity index (χ3v) is 9.18. The van der Waals surface area contributed by atoms with Gasteiger partial charge in [-0.15, -0.1) is 11.8 Å². The molecular formula is C26H34F2N4OS2. The summed E-state index contributed by atoms with van der Waals surface area (Å²) in [6.07, 6.45) is 6.48. The fourth-order valence-electron chi connectivity index (χ4n) is 4.35. The number of allylic oxidation sites excluding steroid dienone is 3. The van der Waals surface area contributed by atoms with Crippen molar-refractivity contribution < 1.29 is 13.5 Å². The van der Waals surface area contributed by atoms with Crippen molar-refractivity contribution in [3.05, 3.63) is 82.1 Å². The average Bonchev–Trinajstić information content (AvgIpc) is 3.24. The molecule has 0 radical (unpaired) electrons. The van der Waals surface area contributed by atoms with Gasteiger partial charge in [0.2, 0.25) is 0 Å². The Hall–Kier alpha value is -1.78. The van der Waals surface area contributed by atoms with E-state index in [4.69, 9.17) is 10.5 Å². The van der Waals surface area contributed by atoms with Crippen molar-refractivity contribution in [1.29, 1.82) is 0 Å². The minimum Gasteiger partial charge on any atom is -0.385 e. The molecule has 0 aromatic heterocycles. The van der Waals surface area contributed by atoms with Gasteiger partial charge in [-0.05, 0) is 41.5 Å². The molecule has 0 amide bonds. The van der Waals surface area contributed by atoms with E-state index in [1.54, 1.807) is 6.07 Å². The first kappa shape index (κ1) is 26.3. The Balaban J connectivity index is 1.17. The van der Waals surface area contributed by atoms with E-state index in [0.29, 0.717) is 30.9 Å². The maximum absolute atomic E-state index is 13.5. The molecule has 1 saturated heterocycles. The molecule has 1 aliphatic carbocycles. The number of hydrogen-bond donors (Lipinski definition) is 2. The molecular weight excluding hydrogens is 486 g/mol. The zero-order valence-corrected chi connectivity index (χ0v) is 21.8. The van der Waals surface area contributed by atoms with Crippen molar-refractivity contribution >= 4 is 23.5 Å². The van der Waals surface area contributed by atoms with Gasteiger partial charge in [0.25, 0.3) is 0 Å². The number of nitrogens with one attached hydrogen (secondary N) is 1. The maximum Gasteiger partial charge on any atom is 0.159 e. The molecule has 1 aromatic rings. The van der Waals surface area contributed by atoms with Gasteiger partial charge in [0.1, 0.15) is 4.71 Å². The van der Waals surface area contributed by atoms with E-state index >= 15 is 0 Å². The summed E-state index contributed by atoms with van der Waals surface area (Å²) in [6.45, 7) is 8.21. The van der Waals surface area contributed by atoms with Gasteiger partial charge in [0, 0.05) is 56.9 Å². The molecule has 0 bridgehead atoms. The molecule has 4 rings (SSSR count). The van der Waals surface area contributed by atoms with Crippen molar-refractivity contribution in [2.45, 2.75) is 30.2 Å². The summed E-state index contributed by atoms with van der Waals surface area (Å²) in [6, 6.07) is 4.09. The zero-order chi connectivity index (χ0) is 24.8. The lowest BCUT2D eigenvalue weighted by Crippen LogP contribution is -2.46. The lowest BCUT2D eigenvalue weighted by Gasteiger charge is -2.33. The smallest absolute Gasteiger partial charge is 0.159 e. The summed E-state index contributed by atoms with van der Waals surface area (Å²) in [4.78, 5) is 4.55. The lowest BCUT2D eigenvalue weighted by atomic mass is 9.96. The predicted octanol–water partition coefficient (Wildman–Crippen LogP) is 4.41. The summed E-state index contributed by atoms with van der Waals surface area (Å²) in [7, 11) is 2.15. The number of rotatable bonds is 10. The minimum absolute atomic E-state index is 0.0253. The van der Waals surface area contributed by atoms with Crippen molar-refractivity contribution in [3.63, 3.8) is 0 Å². The highest BCUT2D eigenvalue weighted by Gasteiger charge is 2.27. The van der Waals surface area contributed by atoms with Gasteiger partial charge in [-0.3, -0.25) is 4.90 Å². The topological polar surface area (TPSA) is 53.8 Å². The highest BCUT2D eigenvalue weighted by Crippen LogP contribution is 2.41. The number of ether oxygens (including phenoxy) is 1. The first-order chi connectivity index (χ1) is 16.9. The average molecular weight is 521 g/mol. The van der Waals surface area contributed by atoms with Crippen molar-refractivity contribution in [1.82, 2.24) is 15.1 Å². The Kier molecular flexibility index (Phi) is 9.35. The number of nitrogens with zero attached hydrogens (tertiary/aromatic N) is 2. The highest BCUT2D eigenvalue weighted by atomic mass is 32.2. The number of nitrogens with two attached hydrogens (primary N) is 1. The van der Waals surface area contributed by atoms with Gasteiger partial charge in [0.05, 0.1) is 12.7 Å². The molecule has 0 spiro atoms. The van der Waals surface area contributed by atoms with Gasteiger partial charge in [0.15, 0.2) is 11.6 Å². The zero-order valence-electron chi connectivity index (χ0n) is 20.1. The SMILES string of the molecule is C=C(CSC1SC=C(C2=CC=C(CN)CC2)N1C)NCC1CN(Cc2ccc(F)c(F)c2)CCO1. The number of thioether (sulfide) groups is 2. The van der Waals surface area contributed by atoms with Crippen LogP contribution in [0.25, 0.3) is 0 Å². The van der Waals surface area contributed by atoms with Crippen LogP contribution in [-0.4, -0.2) is 66.2 Å². The van der Waals surface area contributed by atoms with Crippen molar-refractivity contribution in [3.8, 4) is 0 Å². The second-order valence-corrected chi connectivity index (χ2v) is 11.4. The molecule has 2 unspecified atom stereocenters. The van der Waals surface area contributed by atoms with E-state index in [9.17, 15) is 8.78 Å². The van der Waals surface area contributed by atoms with Crippen LogP contribution in [-0.2, 0) is 11.3 Å². The molecule has 1 fully saturated rings. The van der Waals surface area contributed by atoms with Crippen LogP contribution in [0.5, 0.6) is 0 Å². The molecule has 3 aliphatic rings. The maximum atomic E-state index is 13.5. The second kappa shape index (κ2) is 12.5. The van der Waals surface area contributed by atoms with Gasteiger partial charge in [-0.25, -0.2) is 8.78 Å². The van der Waals surface area contributed by atoms with Gasteiger partial charge >= 0.3 is 0 Å². The van der Waals surface area contributed by atoms with Crippen LogP contribution in [0.3, 0.4) is 0 Å². The molecule has 2 atom stereocenters. The Bertz CT molecular complexity index is 1010. The van der Waals surface area contributed by atoms with Crippen LogP contribution in [0.2, 0.25) is 0 Å².